The Morgan fingerprint density at radius 1 is 1.25 bits per heavy atom. The highest BCUT2D eigenvalue weighted by molar-refractivity contribution is 5.80. The van der Waals surface area contributed by atoms with Gasteiger partial charge in [-0.3, -0.25) is 9.59 Å². The van der Waals surface area contributed by atoms with Crippen LogP contribution in [0.3, 0.4) is 0 Å². The van der Waals surface area contributed by atoms with E-state index in [2.05, 4.69) is 19.2 Å². The van der Waals surface area contributed by atoms with Crippen LogP contribution in [0.1, 0.15) is 46.0 Å². The van der Waals surface area contributed by atoms with Gasteiger partial charge in [0.15, 0.2) is 0 Å². The minimum atomic E-state index is -0.916. The number of amides is 1. The maximum Gasteiger partial charge on any atom is 0.303 e. The summed E-state index contributed by atoms with van der Waals surface area (Å²) in [6, 6.07) is 0.227. The largest absolute Gasteiger partial charge is 0.481 e. The lowest BCUT2D eigenvalue weighted by molar-refractivity contribution is -0.139. The van der Waals surface area contributed by atoms with Crippen LogP contribution in [0.5, 0.6) is 0 Å². The van der Waals surface area contributed by atoms with Crippen molar-refractivity contribution in [1.29, 1.82) is 0 Å². The number of hydrogen-bond acceptors (Lipinski definition) is 2. The number of carbonyl (C=O) groups excluding carboxylic acids is 1. The molecule has 3 atom stereocenters. The molecule has 1 aliphatic rings. The molecule has 1 aliphatic carbocycles. The summed E-state index contributed by atoms with van der Waals surface area (Å²) in [5, 5.41) is 11.4. The third kappa shape index (κ3) is 3.83. The molecule has 0 radical (unpaired) electrons. The Kier molecular flexibility index (Phi) is 4.77. The average Bonchev–Trinajstić information content (AvgIpc) is 2.22. The number of carboxylic acid groups (broad SMARTS) is 1. The monoisotopic (exact) mass is 227 g/mol. The second-order valence-electron chi connectivity index (χ2n) is 4.84. The quantitative estimate of drug-likeness (QED) is 0.769. The van der Waals surface area contributed by atoms with E-state index in [0.717, 1.165) is 12.8 Å². The van der Waals surface area contributed by atoms with Crippen molar-refractivity contribution in [2.24, 2.45) is 11.8 Å². The van der Waals surface area contributed by atoms with Gasteiger partial charge in [0.05, 0.1) is 6.42 Å². The van der Waals surface area contributed by atoms with Crippen LogP contribution in [0.25, 0.3) is 0 Å². The number of nitrogens with one attached hydrogen (secondary N) is 1. The van der Waals surface area contributed by atoms with E-state index in [-0.39, 0.29) is 24.8 Å². The molecule has 0 spiro atoms. The van der Waals surface area contributed by atoms with Crippen molar-refractivity contribution in [3.8, 4) is 0 Å². The maximum atomic E-state index is 11.5. The third-order valence-corrected chi connectivity index (χ3v) is 3.62. The van der Waals surface area contributed by atoms with Crippen LogP contribution in [-0.4, -0.2) is 23.0 Å². The van der Waals surface area contributed by atoms with Crippen LogP contribution < -0.4 is 5.32 Å². The summed E-state index contributed by atoms with van der Waals surface area (Å²) in [7, 11) is 0. The standard InChI is InChI=1S/C12H21NO3/c1-8-4-3-5-10(9(8)2)13-11(14)6-7-12(15)16/h8-10H,3-7H2,1-2H3,(H,13,14)(H,15,16)/t8-,9-,10+/m1/s1. The normalized spacial score (nSPS) is 29.8. The molecule has 16 heavy (non-hydrogen) atoms. The average molecular weight is 227 g/mol. The Balaban J connectivity index is 2.35. The molecule has 0 aliphatic heterocycles. The van der Waals surface area contributed by atoms with Gasteiger partial charge in [-0.25, -0.2) is 0 Å². The van der Waals surface area contributed by atoms with Gasteiger partial charge in [-0.1, -0.05) is 26.7 Å². The van der Waals surface area contributed by atoms with Crippen molar-refractivity contribution in [3.05, 3.63) is 0 Å². The highest BCUT2D eigenvalue weighted by Gasteiger charge is 2.27. The lowest BCUT2D eigenvalue weighted by Gasteiger charge is -2.34. The van der Waals surface area contributed by atoms with Gasteiger partial charge in [-0.2, -0.15) is 0 Å². The number of hydrogen-bond donors (Lipinski definition) is 2. The Hall–Kier alpha value is -1.06. The first kappa shape index (κ1) is 13.0. The molecule has 1 rings (SSSR count). The van der Waals surface area contributed by atoms with Gasteiger partial charge < -0.3 is 10.4 Å². The lowest BCUT2D eigenvalue weighted by atomic mass is 9.78. The molecule has 1 saturated carbocycles. The molecule has 0 aromatic heterocycles. The van der Waals surface area contributed by atoms with E-state index >= 15 is 0 Å². The Morgan fingerprint density at radius 3 is 2.56 bits per heavy atom. The van der Waals surface area contributed by atoms with E-state index in [1.54, 1.807) is 0 Å². The topological polar surface area (TPSA) is 66.4 Å². The maximum absolute atomic E-state index is 11.5. The van der Waals surface area contributed by atoms with Gasteiger partial charge in [0.2, 0.25) is 5.91 Å². The van der Waals surface area contributed by atoms with Crippen LogP contribution in [0.4, 0.5) is 0 Å². The fraction of sp³-hybridized carbons (Fsp3) is 0.833. The van der Waals surface area contributed by atoms with E-state index in [4.69, 9.17) is 5.11 Å². The smallest absolute Gasteiger partial charge is 0.303 e. The molecule has 92 valence electrons. The first-order valence-electron chi connectivity index (χ1n) is 6.02. The van der Waals surface area contributed by atoms with E-state index < -0.39 is 5.97 Å². The van der Waals surface area contributed by atoms with Crippen molar-refractivity contribution >= 4 is 11.9 Å². The summed E-state index contributed by atoms with van der Waals surface area (Å²) in [5.74, 6) is 0.0783. The zero-order chi connectivity index (χ0) is 12.1. The summed E-state index contributed by atoms with van der Waals surface area (Å²) in [4.78, 5) is 21.8. The van der Waals surface area contributed by atoms with Crippen molar-refractivity contribution in [3.63, 3.8) is 0 Å². The highest BCUT2D eigenvalue weighted by Crippen LogP contribution is 2.29. The molecule has 1 amide bonds. The van der Waals surface area contributed by atoms with E-state index in [0.29, 0.717) is 11.8 Å². The summed E-state index contributed by atoms with van der Waals surface area (Å²) >= 11 is 0. The minimum absolute atomic E-state index is 0.0809. The van der Waals surface area contributed by atoms with Crippen molar-refractivity contribution in [2.75, 3.05) is 0 Å². The number of carboxylic acids is 1. The molecule has 0 unspecified atom stereocenters. The lowest BCUT2D eigenvalue weighted by Crippen LogP contribution is -2.43. The number of carbonyl (C=O) groups is 2. The van der Waals surface area contributed by atoms with E-state index in [9.17, 15) is 9.59 Å². The van der Waals surface area contributed by atoms with Gasteiger partial charge in [-0.15, -0.1) is 0 Å². The van der Waals surface area contributed by atoms with Crippen molar-refractivity contribution < 1.29 is 14.7 Å². The number of rotatable bonds is 4. The summed E-state index contributed by atoms with van der Waals surface area (Å²) in [6.45, 7) is 4.37. The number of aliphatic carboxylic acids is 1. The second kappa shape index (κ2) is 5.87. The predicted molar refractivity (Wildman–Crippen MR) is 61.0 cm³/mol. The molecule has 0 heterocycles. The van der Waals surface area contributed by atoms with Gasteiger partial charge in [0.25, 0.3) is 0 Å². The highest BCUT2D eigenvalue weighted by atomic mass is 16.4. The molecule has 4 nitrogen and oxygen atoms in total. The molecule has 0 aromatic rings. The summed E-state index contributed by atoms with van der Waals surface area (Å²) in [6.07, 6.45) is 3.40. The first-order valence-corrected chi connectivity index (χ1v) is 6.02. The van der Waals surface area contributed by atoms with Gasteiger partial charge >= 0.3 is 5.97 Å². The van der Waals surface area contributed by atoms with Crippen LogP contribution in [0.15, 0.2) is 0 Å². The molecule has 2 N–H and O–H groups in total. The van der Waals surface area contributed by atoms with Gasteiger partial charge in [0, 0.05) is 12.5 Å². The fourth-order valence-corrected chi connectivity index (χ4v) is 2.29. The van der Waals surface area contributed by atoms with Gasteiger partial charge in [-0.05, 0) is 18.3 Å². The molecular formula is C12H21NO3. The Bertz CT molecular complexity index is 265. The first-order chi connectivity index (χ1) is 7.50. The van der Waals surface area contributed by atoms with Crippen LogP contribution in [0, 0.1) is 11.8 Å². The summed E-state index contributed by atoms with van der Waals surface area (Å²) in [5.41, 5.74) is 0. The molecule has 0 aromatic carbocycles. The Morgan fingerprint density at radius 2 is 1.94 bits per heavy atom. The second-order valence-corrected chi connectivity index (χ2v) is 4.84. The zero-order valence-corrected chi connectivity index (χ0v) is 10.0. The molecule has 0 bridgehead atoms. The van der Waals surface area contributed by atoms with Crippen LogP contribution >= 0.6 is 0 Å². The zero-order valence-electron chi connectivity index (χ0n) is 10.0. The molecule has 1 fully saturated rings. The van der Waals surface area contributed by atoms with E-state index in [1.165, 1.54) is 6.42 Å². The minimum Gasteiger partial charge on any atom is -0.481 e. The van der Waals surface area contributed by atoms with Gasteiger partial charge in [0.1, 0.15) is 0 Å². The molecule has 4 heteroatoms. The third-order valence-electron chi connectivity index (χ3n) is 3.62. The fourth-order valence-electron chi connectivity index (χ4n) is 2.29. The summed E-state index contributed by atoms with van der Waals surface area (Å²) < 4.78 is 0. The van der Waals surface area contributed by atoms with Crippen LogP contribution in [-0.2, 0) is 9.59 Å². The molecular weight excluding hydrogens is 206 g/mol. The van der Waals surface area contributed by atoms with Crippen molar-refractivity contribution in [1.82, 2.24) is 5.32 Å². The Labute approximate surface area is 96.4 Å². The predicted octanol–water partition coefficient (Wildman–Crippen LogP) is 1.79. The van der Waals surface area contributed by atoms with Crippen LogP contribution in [0.2, 0.25) is 0 Å². The van der Waals surface area contributed by atoms with E-state index in [1.807, 2.05) is 0 Å². The molecule has 0 saturated heterocycles. The SMILES string of the molecule is C[C@@H]1[C@H](C)CCC[C@@H]1NC(=O)CCC(=O)O. The van der Waals surface area contributed by atoms with Crippen molar-refractivity contribution in [2.45, 2.75) is 52.0 Å².